The third-order valence-corrected chi connectivity index (χ3v) is 2.55. The van der Waals surface area contributed by atoms with Crippen LogP contribution in [-0.4, -0.2) is 4.98 Å². The summed E-state index contributed by atoms with van der Waals surface area (Å²) >= 11 is 0. The highest BCUT2D eigenvalue weighted by molar-refractivity contribution is 5.59. The van der Waals surface area contributed by atoms with Gasteiger partial charge >= 0.3 is 0 Å². The van der Waals surface area contributed by atoms with Crippen molar-refractivity contribution in [3.05, 3.63) is 58.4 Å². The fourth-order valence-corrected chi connectivity index (χ4v) is 1.80. The molecule has 1 heterocycles. The Morgan fingerprint density at radius 2 is 2.06 bits per heavy atom. The van der Waals surface area contributed by atoms with Gasteiger partial charge in [-0.2, -0.15) is 0 Å². The van der Waals surface area contributed by atoms with Gasteiger partial charge in [0.15, 0.2) is 5.43 Å². The molecule has 16 heavy (non-hydrogen) atoms. The van der Waals surface area contributed by atoms with Gasteiger partial charge < -0.3 is 4.98 Å². The summed E-state index contributed by atoms with van der Waals surface area (Å²) < 4.78 is 0. The lowest BCUT2D eigenvalue weighted by Crippen LogP contribution is -1.98. The minimum atomic E-state index is 0.0367. The summed E-state index contributed by atoms with van der Waals surface area (Å²) in [4.78, 5) is 14.3. The number of benzene rings is 1. The van der Waals surface area contributed by atoms with Crippen LogP contribution in [0.3, 0.4) is 0 Å². The number of aromatic amines is 1. The van der Waals surface area contributed by atoms with Crippen LogP contribution in [0.5, 0.6) is 0 Å². The van der Waals surface area contributed by atoms with Gasteiger partial charge in [-0.05, 0) is 23.6 Å². The van der Waals surface area contributed by atoms with Gasteiger partial charge in [0.05, 0.1) is 0 Å². The zero-order valence-electron chi connectivity index (χ0n) is 9.36. The van der Waals surface area contributed by atoms with Gasteiger partial charge in [-0.15, -0.1) is 0 Å². The molecule has 0 atom stereocenters. The quantitative estimate of drug-likeness (QED) is 0.835. The van der Waals surface area contributed by atoms with E-state index in [2.05, 4.69) is 24.0 Å². The summed E-state index contributed by atoms with van der Waals surface area (Å²) in [5.74, 6) is 0. The van der Waals surface area contributed by atoms with Gasteiger partial charge in [0.2, 0.25) is 0 Å². The Morgan fingerprint density at radius 3 is 2.81 bits per heavy atom. The summed E-state index contributed by atoms with van der Waals surface area (Å²) in [5.41, 5.74) is 3.30. The molecular weight excluding hydrogens is 198 g/mol. The second-order valence-electron chi connectivity index (χ2n) is 3.89. The van der Waals surface area contributed by atoms with Crippen LogP contribution in [0.15, 0.2) is 47.4 Å². The smallest absolute Gasteiger partial charge is 0.182 e. The molecule has 2 nitrogen and oxygen atoms in total. The van der Waals surface area contributed by atoms with Gasteiger partial charge in [0.25, 0.3) is 0 Å². The van der Waals surface area contributed by atoms with E-state index in [-0.39, 0.29) is 5.43 Å². The summed E-state index contributed by atoms with van der Waals surface area (Å²) in [5, 5.41) is 0. The Bertz CT molecular complexity index is 528. The molecular formula is C14H15NO. The van der Waals surface area contributed by atoms with Crippen molar-refractivity contribution in [1.29, 1.82) is 0 Å². The number of nitrogens with one attached hydrogen (secondary N) is 1. The maximum Gasteiger partial charge on any atom is 0.182 e. The molecule has 0 saturated heterocycles. The molecule has 0 aliphatic rings. The minimum absolute atomic E-state index is 0.0367. The Hall–Kier alpha value is -1.83. The Balaban J connectivity index is 2.40. The van der Waals surface area contributed by atoms with Crippen LogP contribution in [-0.2, 0) is 6.42 Å². The SMILES string of the molecule is CCCc1cccc(-c2cc(=O)cc[nH]2)c1. The molecule has 0 saturated carbocycles. The van der Waals surface area contributed by atoms with E-state index >= 15 is 0 Å². The highest BCUT2D eigenvalue weighted by atomic mass is 16.1. The average Bonchev–Trinajstić information content (AvgIpc) is 2.30. The summed E-state index contributed by atoms with van der Waals surface area (Å²) in [7, 11) is 0. The molecule has 0 bridgehead atoms. The highest BCUT2D eigenvalue weighted by Crippen LogP contribution is 2.17. The third-order valence-electron chi connectivity index (χ3n) is 2.55. The number of pyridine rings is 1. The Labute approximate surface area is 95.0 Å². The van der Waals surface area contributed by atoms with Crippen LogP contribution >= 0.6 is 0 Å². The van der Waals surface area contributed by atoms with Crippen LogP contribution in [0.1, 0.15) is 18.9 Å². The number of hydrogen-bond acceptors (Lipinski definition) is 1. The number of hydrogen-bond donors (Lipinski definition) is 1. The van der Waals surface area contributed by atoms with Crippen LogP contribution in [0, 0.1) is 0 Å². The Kier molecular flexibility index (Phi) is 3.20. The van der Waals surface area contributed by atoms with Crippen LogP contribution < -0.4 is 5.43 Å². The van der Waals surface area contributed by atoms with Crippen molar-refractivity contribution in [2.24, 2.45) is 0 Å². The molecule has 0 aliphatic heterocycles. The number of rotatable bonds is 3. The maximum atomic E-state index is 11.3. The van der Waals surface area contributed by atoms with E-state index in [1.54, 1.807) is 12.3 Å². The number of aromatic nitrogens is 1. The van der Waals surface area contributed by atoms with E-state index in [0.717, 1.165) is 24.1 Å². The lowest BCUT2D eigenvalue weighted by molar-refractivity contribution is 0.922. The van der Waals surface area contributed by atoms with E-state index in [0.29, 0.717) is 0 Å². The molecule has 0 spiro atoms. The van der Waals surface area contributed by atoms with E-state index in [1.807, 2.05) is 12.1 Å². The lowest BCUT2D eigenvalue weighted by atomic mass is 10.0. The van der Waals surface area contributed by atoms with Crippen LogP contribution in [0.25, 0.3) is 11.3 Å². The first-order chi connectivity index (χ1) is 7.79. The van der Waals surface area contributed by atoms with Crippen molar-refractivity contribution in [2.75, 3.05) is 0 Å². The van der Waals surface area contributed by atoms with Crippen LogP contribution in [0.2, 0.25) is 0 Å². The Morgan fingerprint density at radius 1 is 1.19 bits per heavy atom. The fourth-order valence-electron chi connectivity index (χ4n) is 1.80. The molecule has 1 aromatic carbocycles. The van der Waals surface area contributed by atoms with Gasteiger partial charge in [-0.3, -0.25) is 4.79 Å². The molecule has 1 N–H and O–H groups in total. The van der Waals surface area contributed by atoms with Gasteiger partial charge in [0, 0.05) is 24.0 Å². The zero-order valence-corrected chi connectivity index (χ0v) is 9.36. The van der Waals surface area contributed by atoms with Crippen molar-refractivity contribution < 1.29 is 0 Å². The molecule has 0 aliphatic carbocycles. The van der Waals surface area contributed by atoms with Crippen molar-refractivity contribution in [3.8, 4) is 11.3 Å². The second-order valence-corrected chi connectivity index (χ2v) is 3.89. The normalized spacial score (nSPS) is 10.3. The van der Waals surface area contributed by atoms with E-state index in [1.165, 1.54) is 11.6 Å². The van der Waals surface area contributed by atoms with Crippen molar-refractivity contribution >= 4 is 0 Å². The molecule has 0 fully saturated rings. The van der Waals surface area contributed by atoms with Crippen molar-refractivity contribution in [2.45, 2.75) is 19.8 Å². The predicted octanol–water partition coefficient (Wildman–Crippen LogP) is 2.99. The molecule has 0 unspecified atom stereocenters. The highest BCUT2D eigenvalue weighted by Gasteiger charge is 1.99. The first-order valence-corrected chi connectivity index (χ1v) is 5.57. The largest absolute Gasteiger partial charge is 0.361 e. The number of H-pyrrole nitrogens is 1. The fraction of sp³-hybridized carbons (Fsp3) is 0.214. The third kappa shape index (κ3) is 2.40. The minimum Gasteiger partial charge on any atom is -0.361 e. The van der Waals surface area contributed by atoms with Gasteiger partial charge in [-0.25, -0.2) is 0 Å². The molecule has 0 radical (unpaired) electrons. The van der Waals surface area contributed by atoms with Crippen molar-refractivity contribution in [3.63, 3.8) is 0 Å². The lowest BCUT2D eigenvalue weighted by Gasteiger charge is -2.04. The standard InChI is InChI=1S/C14H15NO/c1-2-4-11-5-3-6-12(9-11)14-10-13(16)7-8-15-14/h3,5-10H,2,4H2,1H3,(H,15,16). The molecule has 1 aromatic heterocycles. The summed E-state index contributed by atoms with van der Waals surface area (Å²) in [6.45, 7) is 2.16. The molecule has 2 heteroatoms. The van der Waals surface area contributed by atoms with Gasteiger partial charge in [-0.1, -0.05) is 31.5 Å². The molecule has 2 rings (SSSR count). The first kappa shape index (κ1) is 10.7. The van der Waals surface area contributed by atoms with Gasteiger partial charge in [0.1, 0.15) is 0 Å². The average molecular weight is 213 g/mol. The summed E-state index contributed by atoms with van der Waals surface area (Å²) in [6.07, 6.45) is 3.89. The maximum absolute atomic E-state index is 11.3. The van der Waals surface area contributed by atoms with Crippen LogP contribution in [0.4, 0.5) is 0 Å². The predicted molar refractivity (Wildman–Crippen MR) is 66.5 cm³/mol. The number of aryl methyl sites for hydroxylation is 1. The summed E-state index contributed by atoms with van der Waals surface area (Å²) in [6, 6.07) is 11.5. The first-order valence-electron chi connectivity index (χ1n) is 5.57. The van der Waals surface area contributed by atoms with E-state index in [9.17, 15) is 4.79 Å². The molecule has 0 amide bonds. The molecule has 82 valence electrons. The topological polar surface area (TPSA) is 32.9 Å². The van der Waals surface area contributed by atoms with E-state index < -0.39 is 0 Å². The second kappa shape index (κ2) is 4.79. The van der Waals surface area contributed by atoms with E-state index in [4.69, 9.17) is 0 Å². The monoisotopic (exact) mass is 213 g/mol. The molecule has 2 aromatic rings. The zero-order chi connectivity index (χ0) is 11.4. The van der Waals surface area contributed by atoms with Crippen molar-refractivity contribution in [1.82, 2.24) is 4.98 Å².